The maximum absolute atomic E-state index is 13.6. The molecule has 3 aromatic rings. The number of benzene rings is 2. The summed E-state index contributed by atoms with van der Waals surface area (Å²) in [6.45, 7) is 9.14. The Hall–Kier alpha value is -3.72. The number of anilines is 2. The van der Waals surface area contributed by atoms with Crippen LogP contribution >= 0.6 is 0 Å². The first-order chi connectivity index (χ1) is 19.2. The lowest BCUT2D eigenvalue weighted by Crippen LogP contribution is -2.54. The van der Waals surface area contributed by atoms with Crippen LogP contribution in [0.15, 0.2) is 36.4 Å². The van der Waals surface area contributed by atoms with E-state index in [4.69, 9.17) is 10.1 Å². The summed E-state index contributed by atoms with van der Waals surface area (Å²) < 4.78 is 1.82. The maximum atomic E-state index is 13.6. The zero-order valence-corrected chi connectivity index (χ0v) is 24.2. The Morgan fingerprint density at radius 1 is 0.900 bits per heavy atom. The van der Waals surface area contributed by atoms with E-state index < -0.39 is 0 Å². The van der Waals surface area contributed by atoms with E-state index in [1.165, 1.54) is 18.4 Å². The van der Waals surface area contributed by atoms with Gasteiger partial charge in [0.15, 0.2) is 5.82 Å². The molecule has 0 spiro atoms. The quantitative estimate of drug-likeness (QED) is 0.496. The second-order valence-corrected chi connectivity index (χ2v) is 11.7. The van der Waals surface area contributed by atoms with Crippen molar-refractivity contribution < 1.29 is 9.59 Å². The highest BCUT2D eigenvalue weighted by atomic mass is 16.2. The van der Waals surface area contributed by atoms with Crippen molar-refractivity contribution in [2.75, 3.05) is 50.1 Å². The van der Waals surface area contributed by atoms with E-state index in [1.807, 2.05) is 41.8 Å². The smallest absolute Gasteiger partial charge is 0.293 e. The molecule has 0 unspecified atom stereocenters. The highest BCUT2D eigenvalue weighted by Gasteiger charge is 2.38. The number of rotatable bonds is 4. The van der Waals surface area contributed by atoms with Gasteiger partial charge in [0.1, 0.15) is 6.04 Å². The summed E-state index contributed by atoms with van der Waals surface area (Å²) in [5.41, 5.74) is 5.96. The van der Waals surface area contributed by atoms with Crippen LogP contribution in [0.4, 0.5) is 11.4 Å². The molecule has 2 aliphatic heterocycles. The van der Waals surface area contributed by atoms with E-state index in [9.17, 15) is 9.59 Å². The number of aromatic nitrogens is 3. The molecule has 1 aromatic heterocycles. The third-order valence-corrected chi connectivity index (χ3v) is 8.87. The lowest BCUT2D eigenvalue weighted by Gasteiger charge is -2.43. The molecule has 1 saturated carbocycles. The van der Waals surface area contributed by atoms with Crippen molar-refractivity contribution in [1.29, 1.82) is 0 Å². The van der Waals surface area contributed by atoms with Gasteiger partial charge >= 0.3 is 0 Å². The summed E-state index contributed by atoms with van der Waals surface area (Å²) in [6, 6.07) is 12.5. The van der Waals surface area contributed by atoms with Crippen LogP contribution in [-0.2, 0) is 4.79 Å². The molecule has 210 valence electrons. The number of carbonyl (C=O) groups excluding carboxylic acids is 2. The van der Waals surface area contributed by atoms with Crippen LogP contribution in [-0.4, -0.2) is 88.7 Å². The predicted molar refractivity (Wildman–Crippen MR) is 157 cm³/mol. The fourth-order valence-corrected chi connectivity index (χ4v) is 6.53. The van der Waals surface area contributed by atoms with E-state index in [-0.39, 0.29) is 23.7 Å². The van der Waals surface area contributed by atoms with E-state index in [2.05, 4.69) is 48.9 Å². The van der Waals surface area contributed by atoms with Gasteiger partial charge in [0, 0.05) is 44.8 Å². The Bertz CT molecular complexity index is 1450. The number of hydrogen-bond acceptors (Lipinski definition) is 6. The number of amides is 2. The SMILES string of the molecule is Cc1ccc(-n2nc(C(=O)N3CCN(C)CC3)nc2-c2ccc3c(c2)N(C2CCCC2)[C@H](C)C(=O)N3C)c(C)c1. The van der Waals surface area contributed by atoms with E-state index in [0.717, 1.165) is 54.1 Å². The molecule has 1 aliphatic carbocycles. The minimum absolute atomic E-state index is 0.116. The van der Waals surface area contributed by atoms with Gasteiger partial charge in [0.2, 0.25) is 11.7 Å². The minimum atomic E-state index is -0.234. The topological polar surface area (TPSA) is 77.8 Å². The summed E-state index contributed by atoms with van der Waals surface area (Å²) in [5, 5.41) is 4.81. The van der Waals surface area contributed by atoms with Gasteiger partial charge < -0.3 is 19.6 Å². The standard InChI is InChI=1S/C31H39N7O2/c1-20-10-12-25(21(2)18-20)38-29(32-28(33-38)31(40)36-16-14-34(4)15-17-36)23-11-13-26-27(19-23)37(24-8-6-7-9-24)22(3)30(39)35(26)5/h10-13,18-19,22,24H,6-9,14-17H2,1-5H3/t22-/m1/s1. The van der Waals surface area contributed by atoms with Gasteiger partial charge in [-0.25, -0.2) is 9.67 Å². The van der Waals surface area contributed by atoms with Crippen LogP contribution in [0.25, 0.3) is 17.1 Å². The van der Waals surface area contributed by atoms with Gasteiger partial charge in [0.05, 0.1) is 17.1 Å². The van der Waals surface area contributed by atoms with Crippen molar-refractivity contribution in [2.45, 2.75) is 58.5 Å². The van der Waals surface area contributed by atoms with Gasteiger partial charge in [-0.3, -0.25) is 9.59 Å². The molecule has 40 heavy (non-hydrogen) atoms. The predicted octanol–water partition coefficient (Wildman–Crippen LogP) is 4.05. The molecule has 1 atom stereocenters. The van der Waals surface area contributed by atoms with Gasteiger partial charge in [-0.1, -0.05) is 30.5 Å². The highest BCUT2D eigenvalue weighted by Crippen LogP contribution is 2.42. The molecule has 9 heteroatoms. The van der Waals surface area contributed by atoms with Gasteiger partial charge in [-0.05, 0) is 70.5 Å². The number of carbonyl (C=O) groups is 2. The lowest BCUT2D eigenvalue weighted by molar-refractivity contribution is -0.119. The van der Waals surface area contributed by atoms with E-state index in [1.54, 1.807) is 4.90 Å². The number of fused-ring (bicyclic) bond motifs is 1. The molecule has 2 fully saturated rings. The molecule has 0 N–H and O–H groups in total. The minimum Gasteiger partial charge on any atom is -0.355 e. The third-order valence-electron chi connectivity index (χ3n) is 8.87. The second-order valence-electron chi connectivity index (χ2n) is 11.7. The molecule has 2 amide bonds. The van der Waals surface area contributed by atoms with Crippen molar-refractivity contribution in [1.82, 2.24) is 24.6 Å². The van der Waals surface area contributed by atoms with Crippen LogP contribution in [0.3, 0.4) is 0 Å². The van der Waals surface area contributed by atoms with Crippen molar-refractivity contribution in [2.24, 2.45) is 0 Å². The monoisotopic (exact) mass is 541 g/mol. The van der Waals surface area contributed by atoms with E-state index in [0.29, 0.717) is 25.0 Å². The van der Waals surface area contributed by atoms with Crippen molar-refractivity contribution in [3.8, 4) is 17.1 Å². The second kappa shape index (κ2) is 10.4. The Morgan fingerprint density at radius 3 is 2.30 bits per heavy atom. The summed E-state index contributed by atoms with van der Waals surface area (Å²) in [4.78, 5) is 39.8. The molecule has 3 aliphatic rings. The molecular formula is C31H39N7O2. The molecule has 1 saturated heterocycles. The number of nitrogens with zero attached hydrogens (tertiary/aromatic N) is 7. The molecule has 0 bridgehead atoms. The summed E-state index contributed by atoms with van der Waals surface area (Å²) in [5.74, 6) is 0.824. The molecule has 0 radical (unpaired) electrons. The largest absolute Gasteiger partial charge is 0.355 e. The molecule has 2 aromatic carbocycles. The first kappa shape index (κ1) is 26.5. The maximum Gasteiger partial charge on any atom is 0.293 e. The Morgan fingerprint density at radius 2 is 1.60 bits per heavy atom. The Balaban J connectivity index is 1.47. The average Bonchev–Trinajstić information content (AvgIpc) is 3.63. The Labute approximate surface area is 236 Å². The normalized spacial score (nSPS) is 20.4. The summed E-state index contributed by atoms with van der Waals surface area (Å²) >= 11 is 0. The van der Waals surface area contributed by atoms with Crippen LogP contribution in [0, 0.1) is 13.8 Å². The molecule has 6 rings (SSSR count). The van der Waals surface area contributed by atoms with Gasteiger partial charge in [-0.2, -0.15) is 0 Å². The highest BCUT2D eigenvalue weighted by molar-refractivity contribution is 6.05. The third kappa shape index (κ3) is 4.56. The lowest BCUT2D eigenvalue weighted by atomic mass is 10.0. The number of aryl methyl sites for hydroxylation is 2. The number of hydrogen-bond donors (Lipinski definition) is 0. The van der Waals surface area contributed by atoms with Crippen LogP contribution in [0.2, 0.25) is 0 Å². The molecule has 3 heterocycles. The van der Waals surface area contributed by atoms with Crippen molar-refractivity contribution in [3.05, 3.63) is 53.3 Å². The summed E-state index contributed by atoms with van der Waals surface area (Å²) in [6.07, 6.45) is 4.55. The van der Waals surface area contributed by atoms with Gasteiger partial charge in [-0.15, -0.1) is 5.10 Å². The van der Waals surface area contributed by atoms with Crippen molar-refractivity contribution >= 4 is 23.2 Å². The zero-order chi connectivity index (χ0) is 28.1. The summed E-state index contributed by atoms with van der Waals surface area (Å²) in [7, 11) is 3.93. The first-order valence-corrected chi connectivity index (χ1v) is 14.5. The average molecular weight is 542 g/mol. The zero-order valence-electron chi connectivity index (χ0n) is 24.2. The van der Waals surface area contributed by atoms with Crippen molar-refractivity contribution in [3.63, 3.8) is 0 Å². The fourth-order valence-electron chi connectivity index (χ4n) is 6.53. The Kier molecular flexibility index (Phi) is 6.86. The molecule has 9 nitrogen and oxygen atoms in total. The van der Waals surface area contributed by atoms with Gasteiger partial charge in [0.25, 0.3) is 5.91 Å². The van der Waals surface area contributed by atoms with Crippen LogP contribution < -0.4 is 9.80 Å². The van der Waals surface area contributed by atoms with Crippen LogP contribution in [0.1, 0.15) is 54.4 Å². The molecular weight excluding hydrogens is 502 g/mol. The number of likely N-dealkylation sites (N-methyl/N-ethyl adjacent to an activating group) is 2. The first-order valence-electron chi connectivity index (χ1n) is 14.5. The number of piperazine rings is 1. The van der Waals surface area contributed by atoms with E-state index >= 15 is 0 Å². The fraction of sp³-hybridized carbons (Fsp3) is 0.484. The van der Waals surface area contributed by atoms with Crippen LogP contribution in [0.5, 0.6) is 0 Å².